The van der Waals surface area contributed by atoms with Gasteiger partial charge in [0.25, 0.3) is 0 Å². The van der Waals surface area contributed by atoms with Crippen molar-refractivity contribution in [3.63, 3.8) is 0 Å². The molecule has 0 amide bonds. The lowest BCUT2D eigenvalue weighted by Gasteiger charge is -2.32. The highest BCUT2D eigenvalue weighted by atomic mass is 35.5. The summed E-state index contributed by atoms with van der Waals surface area (Å²) < 4.78 is 0. The summed E-state index contributed by atoms with van der Waals surface area (Å²) in [6.07, 6.45) is 2.07. The van der Waals surface area contributed by atoms with Gasteiger partial charge in [0.2, 0.25) is 5.95 Å². The first-order chi connectivity index (χ1) is 17.0. The molecule has 35 heavy (non-hydrogen) atoms. The number of piperazine rings is 1. The molecule has 1 saturated heterocycles. The van der Waals surface area contributed by atoms with Crippen molar-refractivity contribution in [2.24, 2.45) is 0 Å². The van der Waals surface area contributed by atoms with Crippen molar-refractivity contribution in [1.82, 2.24) is 19.8 Å². The highest BCUT2D eigenvalue weighted by Gasteiger charge is 2.17. The van der Waals surface area contributed by atoms with Crippen LogP contribution >= 0.6 is 11.6 Å². The van der Waals surface area contributed by atoms with Crippen molar-refractivity contribution < 1.29 is 5.11 Å². The maximum absolute atomic E-state index is 10.5. The number of hydrogen-bond acceptors (Lipinski definition) is 7. The second-order valence-corrected chi connectivity index (χ2v) is 9.76. The molecular weight excluding hydrogens is 460 g/mol. The van der Waals surface area contributed by atoms with Crippen LogP contribution in [0.25, 0.3) is 22.0 Å². The fourth-order valence-electron chi connectivity index (χ4n) is 4.60. The van der Waals surface area contributed by atoms with Gasteiger partial charge in [-0.2, -0.15) is 4.98 Å². The highest BCUT2D eigenvalue weighted by Crippen LogP contribution is 2.35. The van der Waals surface area contributed by atoms with Crippen LogP contribution in [0.4, 0.5) is 11.8 Å². The number of benzene rings is 2. The molecule has 1 aliphatic rings. The van der Waals surface area contributed by atoms with Crippen LogP contribution in [0.2, 0.25) is 5.02 Å². The Morgan fingerprint density at radius 3 is 2.46 bits per heavy atom. The lowest BCUT2D eigenvalue weighted by molar-refractivity contribution is 0.158. The zero-order chi connectivity index (χ0) is 24.8. The molecule has 0 bridgehead atoms. The molecular formula is C27H37ClN6O. The zero-order valence-corrected chi connectivity index (χ0v) is 21.9. The minimum absolute atomic E-state index is 0.206. The summed E-state index contributed by atoms with van der Waals surface area (Å²) in [6, 6.07) is 11.2. The molecule has 2 heterocycles. The molecule has 8 heteroatoms. The maximum Gasteiger partial charge on any atom is 0.225 e. The number of aromatic hydroxyl groups is 1. The van der Waals surface area contributed by atoms with Crippen LogP contribution in [0.15, 0.2) is 36.4 Å². The van der Waals surface area contributed by atoms with E-state index in [1.807, 2.05) is 12.1 Å². The standard InChI is InChI=1S/C27H37ClN6O/c1-4-11-34(12-5-2)26-23-18-20(22-19-21(28)7-9-25(22)35)6-8-24(23)30-27(31-26)29-10-13-33-16-14-32(3)15-17-33/h6-9,18-19,35H,4-5,10-17H2,1-3H3,(H,29,30,31). The number of nitrogens with zero attached hydrogens (tertiary/aromatic N) is 5. The van der Waals surface area contributed by atoms with Crippen molar-refractivity contribution in [2.75, 3.05) is 69.6 Å². The summed E-state index contributed by atoms with van der Waals surface area (Å²) >= 11 is 6.22. The van der Waals surface area contributed by atoms with E-state index < -0.39 is 0 Å². The Hall–Kier alpha value is -2.61. The Labute approximate surface area is 213 Å². The van der Waals surface area contributed by atoms with E-state index in [2.05, 4.69) is 47.0 Å². The average molecular weight is 497 g/mol. The van der Waals surface area contributed by atoms with Crippen molar-refractivity contribution in [3.8, 4) is 16.9 Å². The molecule has 1 aromatic heterocycles. The summed E-state index contributed by atoms with van der Waals surface area (Å²) in [6.45, 7) is 12.4. The lowest BCUT2D eigenvalue weighted by atomic mass is 10.0. The minimum Gasteiger partial charge on any atom is -0.507 e. The van der Waals surface area contributed by atoms with Gasteiger partial charge in [-0.15, -0.1) is 0 Å². The van der Waals surface area contributed by atoms with E-state index in [9.17, 15) is 5.11 Å². The Balaban J connectivity index is 1.65. The van der Waals surface area contributed by atoms with Crippen LogP contribution in [-0.4, -0.2) is 84.3 Å². The minimum atomic E-state index is 0.206. The van der Waals surface area contributed by atoms with Crippen LogP contribution in [0, 0.1) is 0 Å². The SMILES string of the molecule is CCCN(CCC)c1nc(NCCN2CCN(C)CC2)nc2ccc(-c3cc(Cl)ccc3O)cc12. The zero-order valence-electron chi connectivity index (χ0n) is 21.1. The molecule has 0 spiro atoms. The number of aromatic nitrogens is 2. The summed E-state index contributed by atoms with van der Waals surface area (Å²) in [5, 5.41) is 15.5. The van der Waals surface area contributed by atoms with E-state index in [1.165, 1.54) is 0 Å². The summed E-state index contributed by atoms with van der Waals surface area (Å²) in [5.41, 5.74) is 2.49. The van der Waals surface area contributed by atoms with Crippen molar-refractivity contribution in [1.29, 1.82) is 0 Å². The van der Waals surface area contributed by atoms with E-state index in [1.54, 1.807) is 18.2 Å². The Kier molecular flexibility index (Phi) is 8.65. The van der Waals surface area contributed by atoms with Gasteiger partial charge >= 0.3 is 0 Å². The maximum atomic E-state index is 10.5. The number of phenols is 1. The highest BCUT2D eigenvalue weighted by molar-refractivity contribution is 6.31. The van der Waals surface area contributed by atoms with Crippen LogP contribution in [0.5, 0.6) is 5.75 Å². The van der Waals surface area contributed by atoms with Crippen LogP contribution in [0.3, 0.4) is 0 Å². The van der Waals surface area contributed by atoms with Gasteiger partial charge < -0.3 is 20.2 Å². The van der Waals surface area contributed by atoms with Crippen LogP contribution in [0.1, 0.15) is 26.7 Å². The molecule has 0 radical (unpaired) electrons. The molecule has 0 aliphatic carbocycles. The third-order valence-corrected chi connectivity index (χ3v) is 6.77. The van der Waals surface area contributed by atoms with E-state index >= 15 is 0 Å². The number of nitrogens with one attached hydrogen (secondary N) is 1. The lowest BCUT2D eigenvalue weighted by Crippen LogP contribution is -2.45. The van der Waals surface area contributed by atoms with Gasteiger partial charge in [0.1, 0.15) is 11.6 Å². The molecule has 1 fully saturated rings. The Morgan fingerprint density at radius 1 is 1.00 bits per heavy atom. The van der Waals surface area contributed by atoms with Gasteiger partial charge in [-0.25, -0.2) is 4.98 Å². The van der Waals surface area contributed by atoms with Gasteiger partial charge in [-0.05, 0) is 55.8 Å². The number of rotatable bonds is 10. The molecule has 1 aliphatic heterocycles. The quantitative estimate of drug-likeness (QED) is 0.412. The smallest absolute Gasteiger partial charge is 0.225 e. The molecule has 2 aromatic carbocycles. The topological polar surface area (TPSA) is 67.8 Å². The first kappa shape index (κ1) is 25.5. The van der Waals surface area contributed by atoms with Gasteiger partial charge in [0, 0.05) is 68.3 Å². The Bertz CT molecular complexity index is 1130. The molecule has 188 valence electrons. The third kappa shape index (κ3) is 6.34. The number of hydrogen-bond donors (Lipinski definition) is 2. The van der Waals surface area contributed by atoms with Gasteiger partial charge in [-0.1, -0.05) is 31.5 Å². The first-order valence-electron chi connectivity index (χ1n) is 12.7. The van der Waals surface area contributed by atoms with Gasteiger partial charge in [0.15, 0.2) is 0 Å². The molecule has 7 nitrogen and oxygen atoms in total. The first-order valence-corrected chi connectivity index (χ1v) is 13.1. The van der Waals surface area contributed by atoms with Crippen molar-refractivity contribution >= 4 is 34.3 Å². The van der Waals surface area contributed by atoms with Crippen molar-refractivity contribution in [3.05, 3.63) is 41.4 Å². The van der Waals surface area contributed by atoms with Crippen LogP contribution < -0.4 is 10.2 Å². The predicted molar refractivity (Wildman–Crippen MR) is 147 cm³/mol. The van der Waals surface area contributed by atoms with E-state index in [-0.39, 0.29) is 5.75 Å². The average Bonchev–Trinajstić information content (AvgIpc) is 2.86. The largest absolute Gasteiger partial charge is 0.507 e. The Morgan fingerprint density at radius 2 is 1.74 bits per heavy atom. The molecule has 2 N–H and O–H groups in total. The molecule has 0 saturated carbocycles. The van der Waals surface area contributed by atoms with Gasteiger partial charge in [0.05, 0.1) is 5.52 Å². The number of halogens is 1. The summed E-state index contributed by atoms with van der Waals surface area (Å²) in [7, 11) is 2.18. The second-order valence-electron chi connectivity index (χ2n) is 9.32. The fraction of sp³-hybridized carbons (Fsp3) is 0.481. The number of fused-ring (bicyclic) bond motifs is 1. The van der Waals surface area contributed by atoms with Crippen LogP contribution in [-0.2, 0) is 0 Å². The molecule has 0 atom stereocenters. The third-order valence-electron chi connectivity index (χ3n) is 6.54. The summed E-state index contributed by atoms with van der Waals surface area (Å²) in [5.74, 6) is 1.80. The van der Waals surface area contributed by atoms with E-state index in [4.69, 9.17) is 21.6 Å². The van der Waals surface area contributed by atoms with E-state index in [0.717, 1.165) is 87.5 Å². The second kappa shape index (κ2) is 11.9. The normalized spacial score (nSPS) is 15.0. The fourth-order valence-corrected chi connectivity index (χ4v) is 4.77. The molecule has 3 aromatic rings. The van der Waals surface area contributed by atoms with Gasteiger partial charge in [-0.3, -0.25) is 4.90 Å². The predicted octanol–water partition coefficient (Wildman–Crippen LogP) is 4.94. The number of anilines is 2. The monoisotopic (exact) mass is 496 g/mol. The number of likely N-dealkylation sites (N-methyl/N-ethyl adjacent to an activating group) is 1. The van der Waals surface area contributed by atoms with E-state index in [0.29, 0.717) is 16.5 Å². The summed E-state index contributed by atoms with van der Waals surface area (Å²) in [4.78, 5) is 17.0. The van der Waals surface area contributed by atoms with Crippen molar-refractivity contribution in [2.45, 2.75) is 26.7 Å². The number of phenolic OH excluding ortho intramolecular Hbond substituents is 1. The molecule has 0 unspecified atom stereocenters. The molecule has 4 rings (SSSR count).